The van der Waals surface area contributed by atoms with Crippen molar-refractivity contribution in [3.8, 4) is 6.07 Å². The summed E-state index contributed by atoms with van der Waals surface area (Å²) in [4.78, 5) is 65.5. The first-order valence-corrected chi connectivity index (χ1v) is 15.5. The van der Waals surface area contributed by atoms with Gasteiger partial charge >= 0.3 is 29.2 Å². The standard InChI is InChI=1S/C18H21N6O14P3/c1-10-8-24(18(26)21-16(10)25)15-6-13(36-17(22-23-20)12-4-2-11(7-19)3-5-12)14(35-15)9-34-40(30,31)38-41(32,33)37-39(27,28)29/h2-5,8,13-15,17H,6,9H2,1H3,(H,30,31)(H,32,33)(H,21,25,26)(H2,27,28,29)/t13?,14-,15-,17?/m1/s1. The van der Waals surface area contributed by atoms with E-state index in [0.29, 0.717) is 5.56 Å². The fourth-order valence-corrected chi connectivity index (χ4v) is 6.57. The summed E-state index contributed by atoms with van der Waals surface area (Å²) in [6.45, 7) is 0.464. The Morgan fingerprint density at radius 3 is 2.44 bits per heavy atom. The van der Waals surface area contributed by atoms with Crippen LogP contribution in [0, 0.1) is 18.3 Å². The highest BCUT2D eigenvalue weighted by atomic mass is 31.3. The summed E-state index contributed by atoms with van der Waals surface area (Å²) in [7, 11) is -17.0. The molecule has 1 aromatic heterocycles. The van der Waals surface area contributed by atoms with Crippen molar-refractivity contribution in [2.24, 2.45) is 5.11 Å². The van der Waals surface area contributed by atoms with Crippen LogP contribution < -0.4 is 11.2 Å². The van der Waals surface area contributed by atoms with Gasteiger partial charge in [0.1, 0.15) is 12.3 Å². The van der Waals surface area contributed by atoms with E-state index in [0.717, 1.165) is 4.57 Å². The molecule has 1 aliphatic heterocycles. The topological polar surface area (TPSA) is 306 Å². The molecule has 4 unspecified atom stereocenters. The molecule has 1 fully saturated rings. The molecule has 1 aliphatic rings. The molecule has 0 bridgehead atoms. The number of nitrogens with one attached hydrogen (secondary N) is 1. The van der Waals surface area contributed by atoms with Gasteiger partial charge in [-0.25, -0.2) is 18.5 Å². The summed E-state index contributed by atoms with van der Waals surface area (Å²) in [5.74, 6) is 0. The number of hydrogen-bond donors (Lipinski definition) is 5. The highest BCUT2D eigenvalue weighted by Crippen LogP contribution is 2.66. The van der Waals surface area contributed by atoms with Gasteiger partial charge in [-0.15, -0.1) is 0 Å². The Labute approximate surface area is 228 Å². The van der Waals surface area contributed by atoms with Crippen molar-refractivity contribution in [2.75, 3.05) is 6.61 Å². The molecule has 6 atom stereocenters. The van der Waals surface area contributed by atoms with Gasteiger partial charge in [-0.3, -0.25) is 18.9 Å². The van der Waals surface area contributed by atoms with Gasteiger partial charge < -0.3 is 29.0 Å². The van der Waals surface area contributed by atoms with Crippen molar-refractivity contribution in [1.82, 2.24) is 9.55 Å². The highest BCUT2D eigenvalue weighted by Gasteiger charge is 2.44. The monoisotopic (exact) mass is 638 g/mol. The fraction of sp³-hybridized carbons (Fsp3) is 0.389. The Bertz CT molecular complexity index is 1630. The molecular weight excluding hydrogens is 617 g/mol. The molecule has 5 N–H and O–H groups in total. The average molecular weight is 638 g/mol. The van der Waals surface area contributed by atoms with Crippen LogP contribution in [0.25, 0.3) is 10.4 Å². The second kappa shape index (κ2) is 12.9. The SMILES string of the molecule is Cc1cn([C@H]2CC(OC(N=[N+]=[N-])c3ccc(C#N)cc3)[C@@H](COP(=O)(O)OP(=O)(O)OP(=O)(O)O)O2)c(=O)[nH]c1=O. The minimum atomic E-state index is -5.80. The van der Waals surface area contributed by atoms with Crippen molar-refractivity contribution in [2.45, 2.75) is 38.0 Å². The van der Waals surface area contributed by atoms with Crippen LogP contribution in [0.5, 0.6) is 0 Å². The van der Waals surface area contributed by atoms with E-state index in [2.05, 4.69) is 28.2 Å². The lowest BCUT2D eigenvalue weighted by atomic mass is 10.1. The minimum Gasteiger partial charge on any atom is -0.361 e. The third-order valence-corrected chi connectivity index (χ3v) is 9.04. The zero-order chi connectivity index (χ0) is 30.6. The maximum atomic E-state index is 12.4. The summed E-state index contributed by atoms with van der Waals surface area (Å²) < 4.78 is 59.3. The fourth-order valence-electron chi connectivity index (χ4n) is 3.54. The largest absolute Gasteiger partial charge is 0.490 e. The smallest absolute Gasteiger partial charge is 0.361 e. The predicted octanol–water partition coefficient (Wildman–Crippen LogP) is 1.74. The van der Waals surface area contributed by atoms with Crippen LogP contribution in [0.15, 0.2) is 45.2 Å². The number of aryl methyl sites for hydroxylation is 1. The van der Waals surface area contributed by atoms with Gasteiger partial charge in [0.2, 0.25) is 0 Å². The van der Waals surface area contributed by atoms with Crippen LogP contribution in [0.4, 0.5) is 0 Å². The van der Waals surface area contributed by atoms with E-state index >= 15 is 0 Å². The quantitative estimate of drug-likeness (QED) is 0.0957. The lowest BCUT2D eigenvalue weighted by Gasteiger charge is -2.23. The van der Waals surface area contributed by atoms with Gasteiger partial charge in [-0.2, -0.15) is 13.9 Å². The lowest BCUT2D eigenvalue weighted by molar-refractivity contribution is -0.0805. The number of phosphoric ester groups is 1. The maximum absolute atomic E-state index is 12.4. The molecule has 0 spiro atoms. The second-order valence-electron chi connectivity index (χ2n) is 8.20. The van der Waals surface area contributed by atoms with E-state index in [-0.39, 0.29) is 17.5 Å². The zero-order valence-corrected chi connectivity index (χ0v) is 23.2. The van der Waals surface area contributed by atoms with E-state index in [1.54, 1.807) is 0 Å². The van der Waals surface area contributed by atoms with Crippen LogP contribution in [-0.2, 0) is 36.3 Å². The Morgan fingerprint density at radius 2 is 1.85 bits per heavy atom. The van der Waals surface area contributed by atoms with E-state index < -0.39 is 66.0 Å². The molecule has 0 amide bonds. The summed E-state index contributed by atoms with van der Waals surface area (Å²) >= 11 is 0. The summed E-state index contributed by atoms with van der Waals surface area (Å²) in [6.07, 6.45) is -4.09. The Kier molecular flexibility index (Phi) is 10.2. The van der Waals surface area contributed by atoms with E-state index in [4.69, 9.17) is 30.1 Å². The van der Waals surface area contributed by atoms with Gasteiger partial charge in [0.05, 0.1) is 24.3 Å². The molecule has 1 saturated heterocycles. The van der Waals surface area contributed by atoms with Crippen LogP contribution in [0.2, 0.25) is 0 Å². The van der Waals surface area contributed by atoms with Crippen LogP contribution in [-0.4, -0.2) is 47.9 Å². The number of rotatable bonds is 12. The van der Waals surface area contributed by atoms with Crippen molar-refractivity contribution in [1.29, 1.82) is 5.26 Å². The second-order valence-corrected chi connectivity index (χ2v) is 12.6. The van der Waals surface area contributed by atoms with Crippen LogP contribution in [0.1, 0.15) is 35.6 Å². The summed E-state index contributed by atoms with van der Waals surface area (Å²) in [5, 5.41) is 12.6. The summed E-state index contributed by atoms with van der Waals surface area (Å²) in [6, 6.07) is 7.61. The Morgan fingerprint density at radius 1 is 1.20 bits per heavy atom. The van der Waals surface area contributed by atoms with E-state index in [1.165, 1.54) is 37.4 Å². The van der Waals surface area contributed by atoms with Crippen LogP contribution >= 0.6 is 23.5 Å². The number of H-pyrrole nitrogens is 1. The van der Waals surface area contributed by atoms with Gasteiger partial charge in [0.15, 0.2) is 6.23 Å². The molecule has 2 heterocycles. The van der Waals surface area contributed by atoms with E-state index in [9.17, 15) is 33.1 Å². The van der Waals surface area contributed by atoms with Crippen LogP contribution in [0.3, 0.4) is 0 Å². The maximum Gasteiger partial charge on any atom is 0.490 e. The number of nitrogens with zero attached hydrogens (tertiary/aromatic N) is 5. The number of nitriles is 1. The van der Waals surface area contributed by atoms with Gasteiger partial charge in [0.25, 0.3) is 5.56 Å². The number of benzene rings is 1. The Hall–Kier alpha value is -2.97. The molecular formula is C18H21N6O14P3. The first kappa shape index (κ1) is 32.5. The molecule has 3 rings (SSSR count). The molecule has 0 aliphatic carbocycles. The van der Waals surface area contributed by atoms with Crippen molar-refractivity contribution in [3.05, 3.63) is 78.4 Å². The molecule has 0 radical (unpaired) electrons. The van der Waals surface area contributed by atoms with Crippen molar-refractivity contribution < 1.29 is 55.9 Å². The normalized spacial score (nSPS) is 22.6. The van der Waals surface area contributed by atoms with Crippen molar-refractivity contribution in [3.63, 3.8) is 0 Å². The number of ether oxygens (including phenoxy) is 2. The number of phosphoric acid groups is 3. The Balaban J connectivity index is 1.88. The number of aromatic amines is 1. The lowest BCUT2D eigenvalue weighted by Crippen LogP contribution is -2.33. The molecule has 0 saturated carbocycles. The molecule has 222 valence electrons. The third-order valence-electron chi connectivity index (χ3n) is 5.24. The molecule has 23 heteroatoms. The highest BCUT2D eigenvalue weighted by molar-refractivity contribution is 7.66. The molecule has 2 aromatic rings. The first-order chi connectivity index (χ1) is 19.0. The minimum absolute atomic E-state index is 0.131. The van der Waals surface area contributed by atoms with Gasteiger partial charge in [0, 0.05) is 23.1 Å². The van der Waals surface area contributed by atoms with Crippen molar-refractivity contribution >= 4 is 23.5 Å². The van der Waals surface area contributed by atoms with E-state index in [1.807, 2.05) is 6.07 Å². The summed E-state index contributed by atoms with van der Waals surface area (Å²) in [5.41, 5.74) is 8.22. The number of azide groups is 1. The molecule has 1 aromatic carbocycles. The number of aromatic nitrogens is 2. The third kappa shape index (κ3) is 9.27. The van der Waals surface area contributed by atoms with Gasteiger partial charge in [-0.05, 0) is 30.2 Å². The van der Waals surface area contributed by atoms with Gasteiger partial charge in [-0.1, -0.05) is 17.2 Å². The zero-order valence-electron chi connectivity index (χ0n) is 20.6. The number of hydrogen-bond acceptors (Lipinski definition) is 12. The first-order valence-electron chi connectivity index (χ1n) is 11.0. The average Bonchev–Trinajstić information content (AvgIpc) is 3.25. The molecule has 41 heavy (non-hydrogen) atoms. The molecule has 20 nitrogen and oxygen atoms in total. The predicted molar refractivity (Wildman–Crippen MR) is 132 cm³/mol.